The molecule has 0 unspecified atom stereocenters. The van der Waals surface area contributed by atoms with Crippen molar-refractivity contribution in [2.75, 3.05) is 5.32 Å². The Bertz CT molecular complexity index is 871. The summed E-state index contributed by atoms with van der Waals surface area (Å²) in [5.74, 6) is -0.154. The van der Waals surface area contributed by atoms with Gasteiger partial charge in [0.2, 0.25) is 5.91 Å². The lowest BCUT2D eigenvalue weighted by atomic mass is 10.1. The fraction of sp³-hybridized carbons (Fsp3) is 0.167. The van der Waals surface area contributed by atoms with E-state index in [9.17, 15) is 4.79 Å². The third-order valence-corrected chi connectivity index (χ3v) is 4.23. The van der Waals surface area contributed by atoms with Gasteiger partial charge < -0.3 is 9.73 Å². The first-order valence-corrected chi connectivity index (χ1v) is 8.06. The highest BCUT2D eigenvalue weighted by Crippen LogP contribution is 2.27. The molecule has 0 saturated carbocycles. The number of hydrogen-bond donors (Lipinski definition) is 1. The average Bonchev–Trinajstić information content (AvgIpc) is 2.92. The van der Waals surface area contributed by atoms with E-state index in [-0.39, 0.29) is 12.3 Å². The predicted octanol–water partition coefficient (Wildman–Crippen LogP) is 5.48. The molecule has 2 aromatic carbocycles. The summed E-state index contributed by atoms with van der Waals surface area (Å²) >= 11 is 11.9. The van der Waals surface area contributed by atoms with Crippen molar-refractivity contribution in [1.29, 1.82) is 0 Å². The van der Waals surface area contributed by atoms with Gasteiger partial charge in [-0.2, -0.15) is 0 Å². The molecule has 0 aliphatic heterocycles. The van der Waals surface area contributed by atoms with E-state index in [1.807, 2.05) is 12.1 Å². The molecular weight excluding hydrogens is 333 g/mol. The summed E-state index contributed by atoms with van der Waals surface area (Å²) in [5.41, 5.74) is 3.40. The van der Waals surface area contributed by atoms with Gasteiger partial charge in [-0.15, -0.1) is 0 Å². The second kappa shape index (κ2) is 6.65. The van der Waals surface area contributed by atoms with E-state index in [0.29, 0.717) is 15.7 Å². The Morgan fingerprint density at radius 3 is 2.74 bits per heavy atom. The van der Waals surface area contributed by atoms with Gasteiger partial charge in [-0.1, -0.05) is 36.2 Å². The van der Waals surface area contributed by atoms with E-state index in [1.165, 1.54) is 5.56 Å². The monoisotopic (exact) mass is 347 g/mol. The van der Waals surface area contributed by atoms with Crippen LogP contribution in [0.5, 0.6) is 0 Å². The molecule has 1 amide bonds. The normalized spacial score (nSPS) is 10.9. The van der Waals surface area contributed by atoms with Gasteiger partial charge in [0.15, 0.2) is 0 Å². The Hall–Kier alpha value is -1.97. The maximum Gasteiger partial charge on any atom is 0.228 e. The van der Waals surface area contributed by atoms with Gasteiger partial charge >= 0.3 is 0 Å². The topological polar surface area (TPSA) is 42.2 Å². The predicted molar refractivity (Wildman–Crippen MR) is 94.4 cm³/mol. The summed E-state index contributed by atoms with van der Waals surface area (Å²) in [6, 6.07) is 11.0. The smallest absolute Gasteiger partial charge is 0.228 e. The van der Waals surface area contributed by atoms with Crippen LogP contribution in [0, 0.1) is 0 Å². The van der Waals surface area contributed by atoms with Crippen LogP contribution in [-0.2, 0) is 17.6 Å². The zero-order valence-corrected chi connectivity index (χ0v) is 14.0. The highest BCUT2D eigenvalue weighted by atomic mass is 35.5. The molecule has 1 heterocycles. The Balaban J connectivity index is 1.80. The molecule has 3 nitrogen and oxygen atoms in total. The molecule has 0 aliphatic rings. The number of rotatable bonds is 4. The molecule has 0 spiro atoms. The number of amides is 1. The lowest BCUT2D eigenvalue weighted by Gasteiger charge is -2.07. The first kappa shape index (κ1) is 15.9. The first-order chi connectivity index (χ1) is 11.1. The van der Waals surface area contributed by atoms with E-state index >= 15 is 0 Å². The summed E-state index contributed by atoms with van der Waals surface area (Å²) in [6.45, 7) is 2.09. The van der Waals surface area contributed by atoms with E-state index in [1.54, 1.807) is 24.5 Å². The molecule has 118 valence electrons. The molecule has 3 rings (SSSR count). The third-order valence-electron chi connectivity index (χ3n) is 3.68. The van der Waals surface area contributed by atoms with Gasteiger partial charge in [0.25, 0.3) is 0 Å². The van der Waals surface area contributed by atoms with Crippen molar-refractivity contribution in [3.63, 3.8) is 0 Å². The number of fused-ring (bicyclic) bond motifs is 1. The van der Waals surface area contributed by atoms with Gasteiger partial charge in [-0.05, 0) is 42.3 Å². The van der Waals surface area contributed by atoms with Crippen LogP contribution in [-0.4, -0.2) is 5.91 Å². The zero-order valence-electron chi connectivity index (χ0n) is 12.5. The van der Waals surface area contributed by atoms with Crippen molar-refractivity contribution >= 4 is 45.8 Å². The quantitative estimate of drug-likeness (QED) is 0.678. The molecule has 0 bridgehead atoms. The summed E-state index contributed by atoms with van der Waals surface area (Å²) in [4.78, 5) is 12.3. The van der Waals surface area contributed by atoms with E-state index in [4.69, 9.17) is 27.6 Å². The van der Waals surface area contributed by atoms with Crippen LogP contribution in [0.4, 0.5) is 5.69 Å². The Labute approximate surface area is 144 Å². The van der Waals surface area contributed by atoms with Crippen LogP contribution in [0.25, 0.3) is 11.0 Å². The number of aryl methyl sites for hydroxylation is 1. The lowest BCUT2D eigenvalue weighted by Crippen LogP contribution is -2.14. The molecule has 0 fully saturated rings. The molecule has 1 N–H and O–H groups in total. The van der Waals surface area contributed by atoms with Crippen LogP contribution in [0.2, 0.25) is 10.0 Å². The molecule has 5 heteroatoms. The number of carbonyl (C=O) groups excluding carboxylic acids is 1. The van der Waals surface area contributed by atoms with Crippen molar-refractivity contribution < 1.29 is 9.21 Å². The number of furan rings is 1. The van der Waals surface area contributed by atoms with Crippen molar-refractivity contribution in [3.05, 3.63) is 63.8 Å². The standard InChI is InChI=1S/C18H15Cl2NO2/c1-2-11-3-6-17-14(7-11)12(10-23-17)8-18(22)21-16-5-4-13(19)9-15(16)20/h3-7,9-10H,2,8H2,1H3,(H,21,22). The number of nitrogens with one attached hydrogen (secondary N) is 1. The molecule has 1 aromatic heterocycles. The van der Waals surface area contributed by atoms with Crippen LogP contribution in [0.3, 0.4) is 0 Å². The second-order valence-corrected chi connectivity index (χ2v) is 6.14. The van der Waals surface area contributed by atoms with Gasteiger partial charge in [-0.3, -0.25) is 4.79 Å². The van der Waals surface area contributed by atoms with Crippen LogP contribution in [0.15, 0.2) is 47.1 Å². The Kier molecular flexibility index (Phi) is 4.60. The molecule has 0 atom stereocenters. The maximum absolute atomic E-state index is 12.3. The minimum absolute atomic E-state index is 0.154. The van der Waals surface area contributed by atoms with Gasteiger partial charge in [0, 0.05) is 16.0 Å². The highest BCUT2D eigenvalue weighted by Gasteiger charge is 2.12. The Morgan fingerprint density at radius 2 is 2.00 bits per heavy atom. The van der Waals surface area contributed by atoms with Gasteiger partial charge in [0.05, 0.1) is 23.4 Å². The average molecular weight is 348 g/mol. The maximum atomic E-state index is 12.3. The molecule has 23 heavy (non-hydrogen) atoms. The second-order valence-electron chi connectivity index (χ2n) is 5.29. The first-order valence-electron chi connectivity index (χ1n) is 7.30. The summed E-state index contributed by atoms with van der Waals surface area (Å²) in [7, 11) is 0. The molecule has 0 saturated heterocycles. The minimum Gasteiger partial charge on any atom is -0.464 e. The van der Waals surface area contributed by atoms with E-state index in [2.05, 4.69) is 18.3 Å². The van der Waals surface area contributed by atoms with Crippen LogP contribution in [0.1, 0.15) is 18.1 Å². The molecule has 3 aromatic rings. The highest BCUT2D eigenvalue weighted by molar-refractivity contribution is 6.36. The van der Waals surface area contributed by atoms with E-state index < -0.39 is 0 Å². The summed E-state index contributed by atoms with van der Waals surface area (Å²) < 4.78 is 5.52. The third kappa shape index (κ3) is 3.52. The van der Waals surface area contributed by atoms with Crippen LogP contribution >= 0.6 is 23.2 Å². The van der Waals surface area contributed by atoms with Gasteiger partial charge in [-0.25, -0.2) is 0 Å². The number of halogens is 2. The van der Waals surface area contributed by atoms with Crippen molar-refractivity contribution in [3.8, 4) is 0 Å². The SMILES string of the molecule is CCc1ccc2occ(CC(=O)Nc3ccc(Cl)cc3Cl)c2c1. The fourth-order valence-electron chi connectivity index (χ4n) is 2.44. The lowest BCUT2D eigenvalue weighted by molar-refractivity contribution is -0.115. The van der Waals surface area contributed by atoms with Crippen molar-refractivity contribution in [1.82, 2.24) is 0 Å². The van der Waals surface area contributed by atoms with Crippen molar-refractivity contribution in [2.45, 2.75) is 19.8 Å². The number of carbonyl (C=O) groups is 1. The minimum atomic E-state index is -0.154. The number of anilines is 1. The molecule has 0 aliphatic carbocycles. The largest absolute Gasteiger partial charge is 0.464 e. The Morgan fingerprint density at radius 1 is 1.17 bits per heavy atom. The summed E-state index contributed by atoms with van der Waals surface area (Å²) in [5, 5.41) is 4.71. The van der Waals surface area contributed by atoms with Crippen molar-refractivity contribution in [2.24, 2.45) is 0 Å². The van der Waals surface area contributed by atoms with E-state index in [0.717, 1.165) is 23.0 Å². The fourth-order valence-corrected chi connectivity index (χ4v) is 2.90. The van der Waals surface area contributed by atoms with Crippen LogP contribution < -0.4 is 5.32 Å². The molecule has 0 radical (unpaired) electrons. The number of hydrogen-bond acceptors (Lipinski definition) is 2. The summed E-state index contributed by atoms with van der Waals surface area (Å²) in [6.07, 6.45) is 2.79. The molecular formula is C18H15Cl2NO2. The number of benzene rings is 2. The zero-order chi connectivity index (χ0) is 16.4. The van der Waals surface area contributed by atoms with Gasteiger partial charge in [0.1, 0.15) is 5.58 Å².